The Morgan fingerprint density at radius 2 is 1.62 bits per heavy atom. The molecule has 3 aromatic carbocycles. The Morgan fingerprint density at radius 3 is 2.38 bits per heavy atom. The number of halogens is 1. The molecular formula is C26H27ClN2. The molecular weight excluding hydrogens is 376 g/mol. The van der Waals surface area contributed by atoms with Crippen molar-refractivity contribution in [3.63, 3.8) is 0 Å². The number of fused-ring (bicyclic) bond motifs is 1. The van der Waals surface area contributed by atoms with Gasteiger partial charge in [0.05, 0.1) is 0 Å². The molecule has 0 aliphatic carbocycles. The van der Waals surface area contributed by atoms with Crippen LogP contribution in [-0.2, 0) is 13.1 Å². The van der Waals surface area contributed by atoms with Gasteiger partial charge in [0.2, 0.25) is 0 Å². The fourth-order valence-corrected chi connectivity index (χ4v) is 4.10. The number of para-hydroxylation sites is 1. The van der Waals surface area contributed by atoms with E-state index in [9.17, 15) is 0 Å². The minimum Gasteiger partial charge on any atom is -0.343 e. The lowest BCUT2D eigenvalue weighted by atomic mass is 10.0. The second-order valence-electron chi connectivity index (χ2n) is 7.56. The Bertz CT molecular complexity index is 1050. The Balaban J connectivity index is 1.58. The summed E-state index contributed by atoms with van der Waals surface area (Å²) in [5.41, 5.74) is 5.22. The summed E-state index contributed by atoms with van der Waals surface area (Å²) >= 11 is 6.05. The van der Waals surface area contributed by atoms with E-state index in [0.29, 0.717) is 6.04 Å². The van der Waals surface area contributed by atoms with E-state index in [4.69, 9.17) is 11.6 Å². The van der Waals surface area contributed by atoms with Crippen molar-refractivity contribution in [2.45, 2.75) is 38.9 Å². The van der Waals surface area contributed by atoms with E-state index >= 15 is 0 Å². The third-order valence-electron chi connectivity index (χ3n) is 5.46. The van der Waals surface area contributed by atoms with Crippen LogP contribution in [0.4, 0.5) is 0 Å². The Morgan fingerprint density at radius 1 is 0.897 bits per heavy atom. The summed E-state index contributed by atoms with van der Waals surface area (Å²) < 4.78 is 2.34. The van der Waals surface area contributed by atoms with Crippen LogP contribution in [0.15, 0.2) is 85.1 Å². The third kappa shape index (κ3) is 4.72. The molecule has 1 N–H and O–H groups in total. The standard InChI is InChI=1S/C26H27ClN2/c1-2-8-25(21-9-4-3-5-10-21)28-17-22-19-29(26-12-7-6-11-24(22)26)18-20-13-15-23(27)16-14-20/h3-7,9-16,19,25,28H,2,8,17-18H2,1H3/t25-/m0/s1. The predicted molar refractivity (Wildman–Crippen MR) is 123 cm³/mol. The molecule has 4 rings (SSSR count). The van der Waals surface area contributed by atoms with Gasteiger partial charge in [-0.1, -0.05) is 85.6 Å². The van der Waals surface area contributed by atoms with Crippen LogP contribution in [0.25, 0.3) is 10.9 Å². The van der Waals surface area contributed by atoms with Crippen molar-refractivity contribution in [1.29, 1.82) is 0 Å². The van der Waals surface area contributed by atoms with Crippen molar-refractivity contribution in [3.05, 3.63) is 107 Å². The molecule has 0 aliphatic rings. The van der Waals surface area contributed by atoms with Crippen molar-refractivity contribution in [2.75, 3.05) is 0 Å². The van der Waals surface area contributed by atoms with Gasteiger partial charge in [0, 0.05) is 41.3 Å². The summed E-state index contributed by atoms with van der Waals surface area (Å²) in [5.74, 6) is 0. The number of nitrogens with zero attached hydrogens (tertiary/aromatic N) is 1. The summed E-state index contributed by atoms with van der Waals surface area (Å²) in [5, 5.41) is 5.89. The molecule has 0 radical (unpaired) electrons. The molecule has 29 heavy (non-hydrogen) atoms. The maximum atomic E-state index is 6.05. The quantitative estimate of drug-likeness (QED) is 0.336. The normalized spacial score (nSPS) is 12.3. The smallest absolute Gasteiger partial charge is 0.0486 e. The molecule has 148 valence electrons. The van der Waals surface area contributed by atoms with Gasteiger partial charge in [-0.25, -0.2) is 0 Å². The van der Waals surface area contributed by atoms with E-state index in [1.807, 2.05) is 12.1 Å². The van der Waals surface area contributed by atoms with Crippen LogP contribution in [0, 0.1) is 0 Å². The molecule has 0 spiro atoms. The van der Waals surface area contributed by atoms with Crippen LogP contribution < -0.4 is 5.32 Å². The summed E-state index contributed by atoms with van der Waals surface area (Å²) in [4.78, 5) is 0. The second kappa shape index (κ2) is 9.30. The van der Waals surface area contributed by atoms with Crippen LogP contribution >= 0.6 is 11.6 Å². The molecule has 0 unspecified atom stereocenters. The largest absolute Gasteiger partial charge is 0.343 e. The first kappa shape index (κ1) is 19.8. The monoisotopic (exact) mass is 402 g/mol. The van der Waals surface area contributed by atoms with Crippen molar-refractivity contribution < 1.29 is 0 Å². The second-order valence-corrected chi connectivity index (χ2v) is 8.00. The number of rotatable bonds is 8. The minimum absolute atomic E-state index is 0.375. The van der Waals surface area contributed by atoms with Crippen molar-refractivity contribution in [2.24, 2.45) is 0 Å². The van der Waals surface area contributed by atoms with Gasteiger partial charge in [-0.3, -0.25) is 0 Å². The first-order valence-corrected chi connectivity index (χ1v) is 10.7. The topological polar surface area (TPSA) is 17.0 Å². The van der Waals surface area contributed by atoms with Crippen molar-refractivity contribution in [3.8, 4) is 0 Å². The zero-order valence-corrected chi connectivity index (χ0v) is 17.6. The van der Waals surface area contributed by atoms with Crippen LogP contribution in [0.5, 0.6) is 0 Å². The van der Waals surface area contributed by atoms with Crippen LogP contribution in [0.2, 0.25) is 5.02 Å². The average Bonchev–Trinajstić information content (AvgIpc) is 3.11. The summed E-state index contributed by atoms with van der Waals surface area (Å²) in [6.07, 6.45) is 4.58. The highest BCUT2D eigenvalue weighted by Crippen LogP contribution is 2.25. The summed E-state index contributed by atoms with van der Waals surface area (Å²) in [6.45, 7) is 3.94. The van der Waals surface area contributed by atoms with Crippen LogP contribution in [-0.4, -0.2) is 4.57 Å². The van der Waals surface area contributed by atoms with Gasteiger partial charge >= 0.3 is 0 Å². The van der Waals surface area contributed by atoms with Gasteiger partial charge in [-0.2, -0.15) is 0 Å². The molecule has 2 nitrogen and oxygen atoms in total. The fourth-order valence-electron chi connectivity index (χ4n) is 3.97. The fraction of sp³-hybridized carbons (Fsp3) is 0.231. The van der Waals surface area contributed by atoms with E-state index < -0.39 is 0 Å². The summed E-state index contributed by atoms with van der Waals surface area (Å²) in [6, 6.07) is 27.9. The number of hydrogen-bond acceptors (Lipinski definition) is 1. The van der Waals surface area contributed by atoms with Gasteiger partial charge in [-0.05, 0) is 41.3 Å². The molecule has 0 fully saturated rings. The Labute approximate surface area is 178 Å². The van der Waals surface area contributed by atoms with E-state index in [2.05, 4.69) is 89.7 Å². The number of benzene rings is 3. The lowest BCUT2D eigenvalue weighted by Gasteiger charge is -2.18. The average molecular weight is 403 g/mol. The molecule has 1 aromatic heterocycles. The number of nitrogens with one attached hydrogen (secondary N) is 1. The minimum atomic E-state index is 0.375. The molecule has 0 bridgehead atoms. The highest BCUT2D eigenvalue weighted by Gasteiger charge is 2.13. The van der Waals surface area contributed by atoms with Gasteiger partial charge in [-0.15, -0.1) is 0 Å². The van der Waals surface area contributed by atoms with Gasteiger partial charge in [0.25, 0.3) is 0 Å². The van der Waals surface area contributed by atoms with Crippen LogP contribution in [0.3, 0.4) is 0 Å². The third-order valence-corrected chi connectivity index (χ3v) is 5.71. The molecule has 4 aromatic rings. The van der Waals surface area contributed by atoms with Gasteiger partial charge in [0.1, 0.15) is 0 Å². The highest BCUT2D eigenvalue weighted by atomic mass is 35.5. The molecule has 0 saturated carbocycles. The molecule has 3 heteroatoms. The zero-order valence-electron chi connectivity index (χ0n) is 16.8. The Hall–Kier alpha value is -2.55. The zero-order chi connectivity index (χ0) is 20.1. The van der Waals surface area contributed by atoms with E-state index in [1.165, 1.54) is 27.6 Å². The predicted octanol–water partition coefficient (Wildman–Crippen LogP) is 6.97. The van der Waals surface area contributed by atoms with Crippen LogP contribution in [0.1, 0.15) is 42.5 Å². The Kier molecular flexibility index (Phi) is 6.33. The van der Waals surface area contributed by atoms with E-state index in [0.717, 1.165) is 31.0 Å². The van der Waals surface area contributed by atoms with Crippen molar-refractivity contribution >= 4 is 22.5 Å². The first-order chi connectivity index (χ1) is 14.2. The molecule has 0 saturated heterocycles. The number of aromatic nitrogens is 1. The first-order valence-electron chi connectivity index (χ1n) is 10.3. The molecule has 0 amide bonds. The lowest BCUT2D eigenvalue weighted by Crippen LogP contribution is -2.20. The molecule has 1 heterocycles. The van der Waals surface area contributed by atoms with Gasteiger partial charge in [0.15, 0.2) is 0 Å². The SMILES string of the molecule is CCC[C@H](NCc1cn(Cc2ccc(Cl)cc2)c2ccccc12)c1ccccc1. The van der Waals surface area contributed by atoms with E-state index in [1.54, 1.807) is 0 Å². The highest BCUT2D eigenvalue weighted by molar-refractivity contribution is 6.30. The van der Waals surface area contributed by atoms with Crippen molar-refractivity contribution in [1.82, 2.24) is 9.88 Å². The molecule has 0 aliphatic heterocycles. The summed E-state index contributed by atoms with van der Waals surface area (Å²) in [7, 11) is 0. The van der Waals surface area contributed by atoms with E-state index in [-0.39, 0.29) is 0 Å². The maximum Gasteiger partial charge on any atom is 0.0486 e. The lowest BCUT2D eigenvalue weighted by molar-refractivity contribution is 0.494. The maximum absolute atomic E-state index is 6.05. The van der Waals surface area contributed by atoms with Gasteiger partial charge < -0.3 is 9.88 Å². The molecule has 1 atom stereocenters. The number of hydrogen-bond donors (Lipinski definition) is 1.